The van der Waals surface area contributed by atoms with Gasteiger partial charge in [0.2, 0.25) is 0 Å². The lowest BCUT2D eigenvalue weighted by molar-refractivity contribution is -0.137. The van der Waals surface area contributed by atoms with Gasteiger partial charge in [-0.25, -0.2) is 0 Å². The van der Waals surface area contributed by atoms with Crippen molar-refractivity contribution in [3.8, 4) is 17.2 Å². The quantitative estimate of drug-likeness (QED) is 0.626. The number of aromatic nitrogens is 1. The van der Waals surface area contributed by atoms with E-state index < -0.39 is 17.3 Å². The van der Waals surface area contributed by atoms with Gasteiger partial charge in [0.1, 0.15) is 11.6 Å². The molecule has 1 heterocycles. The van der Waals surface area contributed by atoms with Crippen LogP contribution in [-0.2, 0) is 12.7 Å². The minimum atomic E-state index is -4.48. The normalized spacial score (nSPS) is 11.2. The number of alkyl halides is 3. The zero-order chi connectivity index (χ0) is 19.6. The smallest absolute Gasteiger partial charge is 0.309 e. The molecule has 7 heteroatoms. The first-order chi connectivity index (χ1) is 12.8. The number of hydrogen-bond acceptors (Lipinski definition) is 2. The van der Waals surface area contributed by atoms with Gasteiger partial charge in [0.05, 0.1) is 12.1 Å². The van der Waals surface area contributed by atoms with Crippen LogP contribution in [0.3, 0.4) is 0 Å². The van der Waals surface area contributed by atoms with Crippen molar-refractivity contribution in [2.45, 2.75) is 12.7 Å². The Bertz CT molecular complexity index is 1080. The molecule has 0 atom stereocenters. The van der Waals surface area contributed by atoms with E-state index in [1.54, 1.807) is 24.3 Å². The molecule has 0 radical (unpaired) electrons. The first-order valence-corrected chi connectivity index (χ1v) is 8.22. The summed E-state index contributed by atoms with van der Waals surface area (Å²) >= 11 is 5.85. The fourth-order valence-corrected chi connectivity index (χ4v) is 2.78. The van der Waals surface area contributed by atoms with Crippen molar-refractivity contribution < 1.29 is 13.2 Å². The Labute approximate surface area is 157 Å². The summed E-state index contributed by atoms with van der Waals surface area (Å²) in [7, 11) is 0. The molecule has 0 fully saturated rings. The van der Waals surface area contributed by atoms with Crippen LogP contribution in [0.5, 0.6) is 0 Å². The molecule has 0 aliphatic carbocycles. The second-order valence-corrected chi connectivity index (χ2v) is 6.33. The van der Waals surface area contributed by atoms with E-state index in [9.17, 15) is 23.2 Å². The Balaban J connectivity index is 2.09. The van der Waals surface area contributed by atoms with E-state index in [0.717, 1.165) is 17.7 Å². The highest BCUT2D eigenvalue weighted by atomic mass is 35.5. The Morgan fingerprint density at radius 2 is 1.74 bits per heavy atom. The molecule has 0 aliphatic rings. The van der Waals surface area contributed by atoms with Crippen molar-refractivity contribution in [3.05, 3.63) is 92.9 Å². The molecule has 0 amide bonds. The van der Waals surface area contributed by atoms with Gasteiger partial charge in [-0.15, -0.1) is 0 Å². The van der Waals surface area contributed by atoms with Gasteiger partial charge >= 0.3 is 6.18 Å². The molecule has 0 spiro atoms. The van der Waals surface area contributed by atoms with Gasteiger partial charge in [-0.1, -0.05) is 35.9 Å². The number of halogens is 4. The first-order valence-electron chi connectivity index (χ1n) is 7.84. The highest BCUT2D eigenvalue weighted by Gasteiger charge is 2.30. The zero-order valence-electron chi connectivity index (χ0n) is 13.8. The van der Waals surface area contributed by atoms with Crippen molar-refractivity contribution in [1.29, 1.82) is 5.26 Å². The molecule has 0 saturated carbocycles. The molecule has 2 aromatic carbocycles. The van der Waals surface area contributed by atoms with E-state index in [1.165, 1.54) is 29.0 Å². The number of nitrogens with zero attached hydrogens (tertiary/aromatic N) is 2. The third-order valence-electron chi connectivity index (χ3n) is 4.00. The molecule has 27 heavy (non-hydrogen) atoms. The summed E-state index contributed by atoms with van der Waals surface area (Å²) in [6, 6.07) is 14.7. The predicted octanol–water partition coefficient (Wildman–Crippen LogP) is 5.11. The standard InChI is InChI=1S/C20H12ClF3N2O/c21-18-6-4-13(5-7-18)11-26-12-16(8-15(10-25)19(26)27)14-2-1-3-17(9-14)20(22,23)24/h1-9,12H,11H2. The Hall–Kier alpha value is -3.04. The Kier molecular flexibility index (Phi) is 5.06. The third kappa shape index (κ3) is 4.21. The van der Waals surface area contributed by atoms with Gasteiger partial charge in [0.25, 0.3) is 5.56 Å². The van der Waals surface area contributed by atoms with Crippen LogP contribution in [0.2, 0.25) is 5.02 Å². The monoisotopic (exact) mass is 388 g/mol. The van der Waals surface area contributed by atoms with Gasteiger partial charge in [0.15, 0.2) is 0 Å². The van der Waals surface area contributed by atoms with Gasteiger partial charge in [-0.3, -0.25) is 4.79 Å². The highest BCUT2D eigenvalue weighted by molar-refractivity contribution is 6.30. The van der Waals surface area contributed by atoms with Gasteiger partial charge in [-0.2, -0.15) is 18.4 Å². The first kappa shape index (κ1) is 18.7. The molecule has 136 valence electrons. The summed E-state index contributed by atoms with van der Waals surface area (Å²) in [4.78, 5) is 12.4. The van der Waals surface area contributed by atoms with E-state index in [1.807, 2.05) is 6.07 Å². The van der Waals surface area contributed by atoms with E-state index >= 15 is 0 Å². The maximum absolute atomic E-state index is 13.0. The molecule has 3 rings (SSSR count). The lowest BCUT2D eigenvalue weighted by Gasteiger charge is -2.12. The predicted molar refractivity (Wildman–Crippen MR) is 96.4 cm³/mol. The van der Waals surface area contributed by atoms with E-state index in [4.69, 9.17) is 11.6 Å². The fraction of sp³-hybridized carbons (Fsp3) is 0.100. The fourth-order valence-electron chi connectivity index (χ4n) is 2.65. The minimum Gasteiger partial charge on any atom is -0.309 e. The maximum atomic E-state index is 13.0. The van der Waals surface area contributed by atoms with Crippen LogP contribution in [0.15, 0.2) is 65.6 Å². The van der Waals surface area contributed by atoms with E-state index in [2.05, 4.69) is 0 Å². The van der Waals surface area contributed by atoms with Crippen LogP contribution in [-0.4, -0.2) is 4.57 Å². The molecular formula is C20H12ClF3N2O. The lowest BCUT2D eigenvalue weighted by atomic mass is 10.0. The molecule has 0 bridgehead atoms. The average Bonchev–Trinajstić information content (AvgIpc) is 2.64. The summed E-state index contributed by atoms with van der Waals surface area (Å²) in [5.41, 5.74) is -0.0556. The van der Waals surface area contributed by atoms with Crippen molar-refractivity contribution in [2.75, 3.05) is 0 Å². The molecule has 3 nitrogen and oxygen atoms in total. The molecule has 1 aromatic heterocycles. The van der Waals surface area contributed by atoms with Crippen LogP contribution in [0.1, 0.15) is 16.7 Å². The average molecular weight is 389 g/mol. The van der Waals surface area contributed by atoms with Gasteiger partial charge in [0, 0.05) is 11.2 Å². The third-order valence-corrected chi connectivity index (χ3v) is 4.25. The summed E-state index contributed by atoms with van der Waals surface area (Å²) in [6.45, 7) is 0.164. The minimum absolute atomic E-state index is 0.140. The number of nitriles is 1. The summed E-state index contributed by atoms with van der Waals surface area (Å²) in [6.07, 6.45) is -3.03. The van der Waals surface area contributed by atoms with E-state index in [-0.39, 0.29) is 17.7 Å². The SMILES string of the molecule is N#Cc1cc(-c2cccc(C(F)(F)F)c2)cn(Cc2ccc(Cl)cc2)c1=O. The number of rotatable bonds is 3. The maximum Gasteiger partial charge on any atom is 0.416 e. The summed E-state index contributed by atoms with van der Waals surface area (Å²) in [5, 5.41) is 9.78. The second-order valence-electron chi connectivity index (χ2n) is 5.89. The topological polar surface area (TPSA) is 45.8 Å². The van der Waals surface area contributed by atoms with Gasteiger partial charge < -0.3 is 4.57 Å². The molecule has 0 saturated heterocycles. The lowest BCUT2D eigenvalue weighted by Crippen LogP contribution is -2.23. The van der Waals surface area contributed by atoms with Crippen LogP contribution in [0.4, 0.5) is 13.2 Å². The summed E-state index contributed by atoms with van der Waals surface area (Å²) in [5.74, 6) is 0. The molecule has 0 N–H and O–H groups in total. The van der Waals surface area contributed by atoms with Crippen LogP contribution >= 0.6 is 11.6 Å². The largest absolute Gasteiger partial charge is 0.416 e. The molecule has 3 aromatic rings. The van der Waals surface area contributed by atoms with Crippen LogP contribution in [0, 0.1) is 11.3 Å². The summed E-state index contributed by atoms with van der Waals surface area (Å²) < 4.78 is 40.2. The van der Waals surface area contributed by atoms with Crippen LogP contribution in [0.25, 0.3) is 11.1 Å². The van der Waals surface area contributed by atoms with Crippen molar-refractivity contribution in [2.24, 2.45) is 0 Å². The second kappa shape index (κ2) is 7.29. The Morgan fingerprint density at radius 3 is 2.37 bits per heavy atom. The van der Waals surface area contributed by atoms with Crippen molar-refractivity contribution in [1.82, 2.24) is 4.57 Å². The van der Waals surface area contributed by atoms with Crippen molar-refractivity contribution >= 4 is 11.6 Å². The van der Waals surface area contributed by atoms with Gasteiger partial charge in [-0.05, 0) is 47.0 Å². The highest BCUT2D eigenvalue weighted by Crippen LogP contribution is 2.32. The Morgan fingerprint density at radius 1 is 1.04 bits per heavy atom. The molecule has 0 aliphatic heterocycles. The van der Waals surface area contributed by atoms with Crippen molar-refractivity contribution in [3.63, 3.8) is 0 Å². The molecular weight excluding hydrogens is 377 g/mol. The number of pyridine rings is 1. The number of benzene rings is 2. The number of hydrogen-bond donors (Lipinski definition) is 0. The van der Waals surface area contributed by atoms with E-state index in [0.29, 0.717) is 10.6 Å². The van der Waals surface area contributed by atoms with Crippen LogP contribution < -0.4 is 5.56 Å². The molecule has 0 unspecified atom stereocenters. The zero-order valence-corrected chi connectivity index (χ0v) is 14.6.